The number of anilines is 1. The number of aromatic nitrogens is 2. The summed E-state index contributed by atoms with van der Waals surface area (Å²) >= 11 is 0. The lowest BCUT2D eigenvalue weighted by Crippen LogP contribution is -1.96. The van der Waals surface area contributed by atoms with Crippen LogP contribution < -0.4 is 5.73 Å². The maximum absolute atomic E-state index is 6.03. The van der Waals surface area contributed by atoms with Crippen LogP contribution in [0.3, 0.4) is 0 Å². The Hall–Kier alpha value is -1.77. The third-order valence-corrected chi connectivity index (χ3v) is 3.64. The van der Waals surface area contributed by atoms with Crippen LogP contribution >= 0.6 is 0 Å². The fraction of sp³-hybridized carbons (Fsp3) is 0.438. The fourth-order valence-corrected chi connectivity index (χ4v) is 2.23. The first kappa shape index (κ1) is 13.7. The van der Waals surface area contributed by atoms with Crippen LogP contribution in [0.4, 0.5) is 5.82 Å². The van der Waals surface area contributed by atoms with E-state index >= 15 is 0 Å². The van der Waals surface area contributed by atoms with Crippen molar-refractivity contribution in [2.45, 2.75) is 40.5 Å². The van der Waals surface area contributed by atoms with Crippen molar-refractivity contribution < 1.29 is 0 Å². The molecule has 0 atom stereocenters. The van der Waals surface area contributed by atoms with Crippen LogP contribution in [0.1, 0.15) is 37.1 Å². The molecule has 0 spiro atoms. The maximum Gasteiger partial charge on any atom is 0.153 e. The molecule has 3 heteroatoms. The smallest absolute Gasteiger partial charge is 0.153 e. The number of nitrogens with zero attached hydrogens (tertiary/aromatic N) is 1. The highest BCUT2D eigenvalue weighted by atomic mass is 15.2. The number of nitrogen functional groups attached to an aromatic ring is 1. The number of aryl methyl sites for hydroxylation is 3. The van der Waals surface area contributed by atoms with Gasteiger partial charge >= 0.3 is 0 Å². The Morgan fingerprint density at radius 1 is 1.21 bits per heavy atom. The summed E-state index contributed by atoms with van der Waals surface area (Å²) in [6, 6.07) is 6.46. The second-order valence-corrected chi connectivity index (χ2v) is 5.69. The van der Waals surface area contributed by atoms with E-state index in [4.69, 9.17) is 5.73 Å². The van der Waals surface area contributed by atoms with E-state index in [1.54, 1.807) is 0 Å². The summed E-state index contributed by atoms with van der Waals surface area (Å²) in [7, 11) is 0. The van der Waals surface area contributed by atoms with E-state index in [9.17, 15) is 0 Å². The quantitative estimate of drug-likeness (QED) is 0.873. The van der Waals surface area contributed by atoms with Crippen LogP contribution in [0.25, 0.3) is 11.1 Å². The lowest BCUT2D eigenvalue weighted by Gasteiger charge is -2.08. The molecule has 1 aromatic heterocycles. The molecule has 0 bridgehead atoms. The molecule has 0 fully saturated rings. The van der Waals surface area contributed by atoms with Crippen LogP contribution in [0, 0.1) is 19.8 Å². The van der Waals surface area contributed by atoms with Crippen molar-refractivity contribution in [2.24, 2.45) is 5.92 Å². The van der Waals surface area contributed by atoms with Gasteiger partial charge < -0.3 is 5.73 Å². The van der Waals surface area contributed by atoms with E-state index in [1.165, 1.54) is 11.1 Å². The molecule has 0 saturated carbocycles. The first-order valence-corrected chi connectivity index (χ1v) is 6.89. The number of aromatic amines is 1. The van der Waals surface area contributed by atoms with Crippen LogP contribution in [0.2, 0.25) is 0 Å². The van der Waals surface area contributed by atoms with Crippen molar-refractivity contribution in [1.82, 2.24) is 10.2 Å². The highest BCUT2D eigenvalue weighted by Crippen LogP contribution is 2.30. The molecule has 19 heavy (non-hydrogen) atoms. The Bertz CT molecular complexity index is 567. The summed E-state index contributed by atoms with van der Waals surface area (Å²) in [6.07, 6.45) is 2.13. The third-order valence-electron chi connectivity index (χ3n) is 3.64. The third kappa shape index (κ3) is 2.98. The molecular weight excluding hydrogens is 234 g/mol. The van der Waals surface area contributed by atoms with Crippen LogP contribution in [-0.4, -0.2) is 10.2 Å². The van der Waals surface area contributed by atoms with Gasteiger partial charge in [-0.3, -0.25) is 5.10 Å². The zero-order valence-electron chi connectivity index (χ0n) is 12.2. The summed E-state index contributed by atoms with van der Waals surface area (Å²) in [5.74, 6) is 1.28. The van der Waals surface area contributed by atoms with E-state index in [0.29, 0.717) is 11.7 Å². The number of hydrogen-bond donors (Lipinski definition) is 2. The average molecular weight is 257 g/mol. The maximum atomic E-state index is 6.03. The molecule has 1 heterocycles. The molecule has 2 aromatic rings. The van der Waals surface area contributed by atoms with Gasteiger partial charge in [0, 0.05) is 11.3 Å². The summed E-state index contributed by atoms with van der Waals surface area (Å²) in [5, 5.41) is 7.26. The number of H-pyrrole nitrogens is 1. The van der Waals surface area contributed by atoms with Gasteiger partial charge in [0.25, 0.3) is 0 Å². The molecular formula is C16H23N3. The van der Waals surface area contributed by atoms with Crippen LogP contribution in [-0.2, 0) is 6.42 Å². The van der Waals surface area contributed by atoms with Gasteiger partial charge in [0.15, 0.2) is 5.82 Å². The van der Waals surface area contributed by atoms with Gasteiger partial charge in [-0.2, -0.15) is 5.10 Å². The lowest BCUT2D eigenvalue weighted by atomic mass is 9.97. The van der Waals surface area contributed by atoms with E-state index in [1.807, 2.05) is 0 Å². The van der Waals surface area contributed by atoms with Gasteiger partial charge in [-0.05, 0) is 49.3 Å². The zero-order valence-corrected chi connectivity index (χ0v) is 12.2. The monoisotopic (exact) mass is 257 g/mol. The molecule has 0 aliphatic carbocycles. The van der Waals surface area contributed by atoms with Gasteiger partial charge in [0.2, 0.25) is 0 Å². The van der Waals surface area contributed by atoms with E-state index in [2.05, 4.69) is 56.1 Å². The number of nitrogens with two attached hydrogens (primary N) is 1. The predicted octanol–water partition coefficient (Wildman–Crippen LogP) is 3.86. The van der Waals surface area contributed by atoms with E-state index in [0.717, 1.165) is 29.7 Å². The molecule has 1 aromatic carbocycles. The van der Waals surface area contributed by atoms with Crippen molar-refractivity contribution in [2.75, 3.05) is 5.73 Å². The van der Waals surface area contributed by atoms with Gasteiger partial charge in [-0.25, -0.2) is 0 Å². The van der Waals surface area contributed by atoms with Gasteiger partial charge in [0.05, 0.1) is 0 Å². The minimum atomic E-state index is 0.599. The molecule has 0 saturated heterocycles. The van der Waals surface area contributed by atoms with Crippen LogP contribution in [0.15, 0.2) is 18.2 Å². The van der Waals surface area contributed by atoms with Gasteiger partial charge in [0.1, 0.15) is 0 Å². The van der Waals surface area contributed by atoms with Crippen molar-refractivity contribution in [1.29, 1.82) is 0 Å². The Kier molecular flexibility index (Phi) is 3.93. The minimum absolute atomic E-state index is 0.599. The van der Waals surface area contributed by atoms with Crippen molar-refractivity contribution in [3.05, 3.63) is 35.0 Å². The molecule has 3 N–H and O–H groups in total. The van der Waals surface area contributed by atoms with E-state index < -0.39 is 0 Å². The Morgan fingerprint density at radius 3 is 2.58 bits per heavy atom. The summed E-state index contributed by atoms with van der Waals surface area (Å²) < 4.78 is 0. The Balaban J connectivity index is 2.37. The van der Waals surface area contributed by atoms with Gasteiger partial charge in [-0.1, -0.05) is 32.0 Å². The molecule has 2 rings (SSSR count). The molecule has 0 aliphatic rings. The normalized spacial score (nSPS) is 11.2. The molecule has 0 aliphatic heterocycles. The Labute approximate surface area is 115 Å². The van der Waals surface area contributed by atoms with Crippen molar-refractivity contribution in [3.63, 3.8) is 0 Å². The molecule has 102 valence electrons. The average Bonchev–Trinajstić information content (AvgIpc) is 2.71. The van der Waals surface area contributed by atoms with Crippen LogP contribution in [0.5, 0.6) is 0 Å². The fourth-order valence-electron chi connectivity index (χ4n) is 2.23. The topological polar surface area (TPSA) is 54.7 Å². The van der Waals surface area contributed by atoms with Crippen molar-refractivity contribution >= 4 is 5.82 Å². The molecule has 0 unspecified atom stereocenters. The number of benzene rings is 1. The predicted molar refractivity (Wildman–Crippen MR) is 81.1 cm³/mol. The van der Waals surface area contributed by atoms with Crippen molar-refractivity contribution in [3.8, 4) is 11.1 Å². The summed E-state index contributed by atoms with van der Waals surface area (Å²) in [5.41, 5.74) is 12.0. The summed E-state index contributed by atoms with van der Waals surface area (Å²) in [4.78, 5) is 0. The molecule has 0 amide bonds. The van der Waals surface area contributed by atoms with E-state index in [-0.39, 0.29) is 0 Å². The molecule has 0 radical (unpaired) electrons. The first-order chi connectivity index (χ1) is 8.99. The number of hydrogen-bond acceptors (Lipinski definition) is 2. The first-order valence-electron chi connectivity index (χ1n) is 6.89. The SMILES string of the molecule is Cc1ccc(-c2c(N)n[nH]c2CCC(C)C)cc1C. The second kappa shape index (κ2) is 5.47. The van der Waals surface area contributed by atoms with Gasteiger partial charge in [-0.15, -0.1) is 0 Å². The molecule has 3 nitrogen and oxygen atoms in total. The number of rotatable bonds is 4. The summed E-state index contributed by atoms with van der Waals surface area (Å²) in [6.45, 7) is 8.71. The highest BCUT2D eigenvalue weighted by Gasteiger charge is 2.13. The number of nitrogens with one attached hydrogen (secondary N) is 1. The second-order valence-electron chi connectivity index (χ2n) is 5.69. The standard InChI is InChI=1S/C16H23N3/c1-10(2)5-8-14-15(16(17)19-18-14)13-7-6-11(3)12(4)9-13/h6-7,9-10H,5,8H2,1-4H3,(H3,17,18,19). The largest absolute Gasteiger partial charge is 0.382 e. The highest BCUT2D eigenvalue weighted by molar-refractivity contribution is 5.76. The zero-order chi connectivity index (χ0) is 14.0. The Morgan fingerprint density at radius 2 is 1.95 bits per heavy atom. The lowest BCUT2D eigenvalue weighted by molar-refractivity contribution is 0.581. The minimum Gasteiger partial charge on any atom is -0.382 e.